The third-order valence-electron chi connectivity index (χ3n) is 18.3. The molecule has 4 aromatic carbocycles. The minimum Gasteiger partial charge on any atom is -0.493 e. The zero-order valence-corrected chi connectivity index (χ0v) is 57.4. The van der Waals surface area contributed by atoms with Crippen molar-refractivity contribution in [1.82, 2.24) is 15.1 Å². The number of unbranched alkanes of at least 4 members (excludes halogenated alkanes) is 2. The molecule has 103 heavy (non-hydrogen) atoms. The Kier molecular flexibility index (Phi) is 23.5. The third kappa shape index (κ3) is 16.5. The van der Waals surface area contributed by atoms with Gasteiger partial charge in [-0.1, -0.05) is 57.2 Å². The quantitative estimate of drug-likeness (QED) is 0.0273. The largest absolute Gasteiger partial charge is 0.493 e. The van der Waals surface area contributed by atoms with Crippen molar-refractivity contribution in [2.24, 2.45) is 5.41 Å². The Hall–Kier alpha value is -9.32. The van der Waals surface area contributed by atoms with E-state index < -0.39 is 152 Å². The average Bonchev–Trinajstić information content (AvgIpc) is 1.63. The smallest absolute Gasteiger partial charge is 0.416 e. The number of Topliss-reactive ketones (excluding diaryl/α,β-unsaturated/α-hetero) is 1. The first-order valence-corrected chi connectivity index (χ1v) is 33.3. The predicted molar refractivity (Wildman–Crippen MR) is 357 cm³/mol. The number of anilines is 2. The number of hydrogen-bond acceptors (Lipinski definition) is 25. The molecule has 4 aromatic rings. The Labute approximate surface area is 590 Å². The lowest BCUT2D eigenvalue weighted by molar-refractivity contribution is -0.271. The zero-order chi connectivity index (χ0) is 74.8. The fraction of sp³-hybridized carbons (Fsp3) is 0.493. The van der Waals surface area contributed by atoms with Crippen LogP contribution in [0.15, 0.2) is 85.0 Å². The van der Waals surface area contributed by atoms with E-state index in [1.54, 1.807) is 26.0 Å². The van der Waals surface area contributed by atoms with Gasteiger partial charge >= 0.3 is 24.1 Å². The molecule has 14 atom stereocenters. The van der Waals surface area contributed by atoms with Crippen LogP contribution in [-0.4, -0.2) is 241 Å². The molecule has 10 rings (SSSR count). The number of carbonyl (C=O) groups is 8. The van der Waals surface area contributed by atoms with E-state index in [4.69, 9.17) is 42.6 Å². The molecular formula is C71H85N5O27. The van der Waals surface area contributed by atoms with Crippen LogP contribution in [0.25, 0.3) is 0 Å². The minimum absolute atomic E-state index is 0.0181. The van der Waals surface area contributed by atoms with E-state index in [-0.39, 0.29) is 126 Å². The molecule has 0 spiro atoms. The molecule has 0 saturated carbocycles. The Balaban J connectivity index is 0.809. The van der Waals surface area contributed by atoms with Crippen molar-refractivity contribution in [2.75, 3.05) is 56.4 Å². The molecule has 32 heteroatoms. The van der Waals surface area contributed by atoms with Gasteiger partial charge < -0.3 is 109 Å². The monoisotopic (exact) mass is 1440 g/mol. The van der Waals surface area contributed by atoms with E-state index in [0.717, 1.165) is 9.80 Å². The van der Waals surface area contributed by atoms with Crippen molar-refractivity contribution in [2.45, 2.75) is 172 Å². The van der Waals surface area contributed by atoms with Gasteiger partial charge in [-0.25, -0.2) is 29.0 Å². The zero-order valence-electron chi connectivity index (χ0n) is 57.4. The fourth-order valence-electron chi connectivity index (χ4n) is 13.0. The lowest BCUT2D eigenvalue weighted by atomic mass is 9.87. The van der Waals surface area contributed by atoms with Crippen LogP contribution < -0.4 is 34.1 Å². The molecule has 32 nitrogen and oxygen atoms in total. The molecule has 0 bridgehead atoms. The van der Waals surface area contributed by atoms with E-state index >= 15 is 0 Å². The van der Waals surface area contributed by atoms with E-state index in [9.17, 15) is 89.4 Å². The van der Waals surface area contributed by atoms with Crippen molar-refractivity contribution in [3.8, 4) is 23.0 Å². The molecule has 4 fully saturated rings. The maximum Gasteiger partial charge on any atom is 0.416 e. The third-order valence-corrected chi connectivity index (χ3v) is 18.3. The highest BCUT2D eigenvalue weighted by Gasteiger charge is 2.52. The van der Waals surface area contributed by atoms with Crippen LogP contribution in [0.2, 0.25) is 0 Å². The molecular weight excluding hydrogens is 1350 g/mol. The number of amides is 5. The number of nitrogens with zero attached hydrogens (tertiary/aromatic N) is 4. The highest BCUT2D eigenvalue weighted by Crippen LogP contribution is 2.43. The van der Waals surface area contributed by atoms with Gasteiger partial charge in [0.2, 0.25) is 12.6 Å². The summed E-state index contributed by atoms with van der Waals surface area (Å²) in [6.45, 7) is 16.5. The Morgan fingerprint density at radius 3 is 1.41 bits per heavy atom. The molecule has 2 unspecified atom stereocenters. The molecule has 0 aromatic heterocycles. The van der Waals surface area contributed by atoms with Crippen LogP contribution in [0.3, 0.4) is 0 Å². The summed E-state index contributed by atoms with van der Waals surface area (Å²) in [5.74, 6) is -5.41. The summed E-state index contributed by atoms with van der Waals surface area (Å²) in [6.07, 6.45) is -23.4. The number of aliphatic hydroxyl groups is 8. The second-order valence-corrected chi connectivity index (χ2v) is 27.4. The van der Waals surface area contributed by atoms with Gasteiger partial charge in [0.05, 0.1) is 65.5 Å². The van der Waals surface area contributed by atoms with Gasteiger partial charge in [-0.05, 0) is 110 Å². The number of aryl methyl sites for hydroxylation is 2. The van der Waals surface area contributed by atoms with Crippen LogP contribution >= 0.6 is 0 Å². The standard InChI is InChI=1S/C71H85N5O27/c1-33-20-45-63(87)75(69(93)98-31-37-12-14-48(41(24-37)47(77)28-71(5,6)7)100-67-56(82)52(78)54(80)58(102-67)65(89)90)43-26-50(35(3)22-39(43)61(85)73(45)29-33)96-17-10-9-11-18-97-51-27-44-40(23-36(51)4)62(86)74-30-34(2)21-46(74)64(88)76(44)70(94)99-32-38-13-15-49(42(25-38)60(84)72-16-19-95-8)101-68-57(83)53(79)55(81)59(103-68)66(91)92/h12-15,22-27,45-46,52-59,63-64,67-68,78-83,87-88H,1-2,9-11,16-21,28-32H2,3-8H3,(H,72,84)(H,89,90)(H,91,92)/t45-,46-,52-,53-,54-,55-,56+,57+,58-,59-,63?,64?,67+,68+/m0/s1. The maximum atomic E-state index is 14.5. The number of carboxylic acids is 2. The maximum absolute atomic E-state index is 14.5. The molecule has 11 N–H and O–H groups in total. The van der Waals surface area contributed by atoms with Crippen LogP contribution in [0.5, 0.6) is 23.0 Å². The highest BCUT2D eigenvalue weighted by molar-refractivity contribution is 6.07. The lowest BCUT2D eigenvalue weighted by Gasteiger charge is -2.38. The van der Waals surface area contributed by atoms with Crippen molar-refractivity contribution in [3.05, 3.63) is 129 Å². The molecule has 556 valence electrons. The number of aliphatic hydroxyl groups excluding tert-OH is 8. The summed E-state index contributed by atoms with van der Waals surface area (Å²) in [6, 6.07) is 12.2. The van der Waals surface area contributed by atoms with Crippen LogP contribution in [-0.2, 0) is 46.5 Å². The molecule has 6 heterocycles. The number of ether oxygens (including phenoxy) is 9. The summed E-state index contributed by atoms with van der Waals surface area (Å²) < 4.78 is 51.4. The van der Waals surface area contributed by atoms with Gasteiger partial charge in [-0.2, -0.15) is 0 Å². The molecule has 0 aliphatic carbocycles. The van der Waals surface area contributed by atoms with Crippen molar-refractivity contribution in [3.63, 3.8) is 0 Å². The number of aliphatic carboxylic acids is 2. The number of benzene rings is 4. The van der Waals surface area contributed by atoms with Crippen molar-refractivity contribution in [1.29, 1.82) is 0 Å². The predicted octanol–water partition coefficient (Wildman–Crippen LogP) is 2.96. The van der Waals surface area contributed by atoms with Gasteiger partial charge in [0.15, 0.2) is 30.4 Å². The van der Waals surface area contributed by atoms with Gasteiger partial charge in [0, 0.05) is 45.3 Å². The van der Waals surface area contributed by atoms with Crippen molar-refractivity contribution >= 4 is 59.0 Å². The summed E-state index contributed by atoms with van der Waals surface area (Å²) in [7, 11) is 1.41. The summed E-state index contributed by atoms with van der Waals surface area (Å²) in [4.78, 5) is 114. The number of nitrogens with one attached hydrogen (secondary N) is 1. The number of fused-ring (bicyclic) bond motifs is 4. The number of methoxy groups -OCH3 is 1. The minimum atomic E-state index is -2.02. The second kappa shape index (κ2) is 31.7. The molecule has 4 saturated heterocycles. The molecule has 5 amide bonds. The first kappa shape index (κ1) is 76.3. The molecule has 0 radical (unpaired) electrons. The van der Waals surface area contributed by atoms with Gasteiger partial charge in [-0.15, -0.1) is 0 Å². The highest BCUT2D eigenvalue weighted by atomic mass is 16.7. The summed E-state index contributed by atoms with van der Waals surface area (Å²) in [5.41, 5.74) is 1.95. The number of rotatable bonds is 24. The van der Waals surface area contributed by atoms with E-state index in [0.29, 0.717) is 41.5 Å². The number of hydrogen-bond donors (Lipinski definition) is 11. The topological polar surface area (TPSA) is 447 Å². The Bertz CT molecular complexity index is 3950. The first-order valence-electron chi connectivity index (χ1n) is 33.3. The molecule has 6 aliphatic rings. The Morgan fingerprint density at radius 2 is 0.990 bits per heavy atom. The normalized spacial score (nSPS) is 26.1. The lowest BCUT2D eigenvalue weighted by Crippen LogP contribution is -2.61. The van der Waals surface area contributed by atoms with Gasteiger partial charge in [-0.3, -0.25) is 19.2 Å². The van der Waals surface area contributed by atoms with Gasteiger partial charge in [0.25, 0.3) is 17.7 Å². The van der Waals surface area contributed by atoms with Crippen molar-refractivity contribution < 1.29 is 132 Å². The SMILES string of the molecule is C=C1C[C@H]2C(O)N(C(=O)OCc3ccc(O[C@@H]4O[C@H](C(=O)O)[C@@H](O)[C@H](O)[C@H]4O)c(C(=O)CC(C)(C)C)c3)c3cc(OCCCCCOc4cc5c(cc4C)C(=O)N4CC(=C)C[C@H]4C(O)N5C(=O)OCc4ccc(O[C@@H]5O[C@H](C(=O)O)[C@@H](O)[C@H](O)[C@H]5O)c(C(=O)NCCOC)c4)c(C)cc3C(=O)N2C1. The fourth-order valence-corrected chi connectivity index (χ4v) is 13.0. The number of carbonyl (C=O) groups excluding carboxylic acids is 6. The Morgan fingerprint density at radius 1 is 0.563 bits per heavy atom. The van der Waals surface area contributed by atoms with E-state index in [1.165, 1.54) is 65.4 Å². The summed E-state index contributed by atoms with van der Waals surface area (Å²) >= 11 is 0. The first-order chi connectivity index (χ1) is 48.8. The van der Waals surface area contributed by atoms with E-state index in [1.807, 2.05) is 20.8 Å². The van der Waals surface area contributed by atoms with Crippen LogP contribution in [0.1, 0.15) is 123 Å². The van der Waals surface area contributed by atoms with Crippen LogP contribution in [0, 0.1) is 19.3 Å². The molecule has 6 aliphatic heterocycles. The second-order valence-electron chi connectivity index (χ2n) is 27.4. The van der Waals surface area contributed by atoms with E-state index in [2.05, 4.69) is 18.5 Å². The average molecular weight is 1440 g/mol. The summed E-state index contributed by atoms with van der Waals surface area (Å²) in [5, 5.41) is 109. The van der Waals surface area contributed by atoms with Gasteiger partial charge in [0.1, 0.15) is 72.8 Å². The number of ketones is 1. The number of carboxylic acid groups (broad SMARTS) is 2. The van der Waals surface area contributed by atoms with Crippen LogP contribution in [0.4, 0.5) is 21.0 Å².